The fourth-order valence-electron chi connectivity index (χ4n) is 3.26. The molecule has 1 aliphatic heterocycles. The van der Waals surface area contributed by atoms with Gasteiger partial charge in [-0.2, -0.15) is 15.6 Å². The molecule has 1 aromatic rings. The normalized spacial score (nSPS) is 17.0. The first-order valence-electron chi connectivity index (χ1n) is 7.82. The van der Waals surface area contributed by atoms with Crippen LogP contribution in [0.25, 0.3) is 0 Å². The summed E-state index contributed by atoms with van der Waals surface area (Å²) in [6.07, 6.45) is 4.83. The van der Waals surface area contributed by atoms with Crippen molar-refractivity contribution in [2.24, 2.45) is 5.10 Å². The predicted octanol–water partition coefficient (Wildman–Crippen LogP) is 2.43. The fourth-order valence-corrected chi connectivity index (χ4v) is 3.26. The standard InChI is InChI=1S/C17H15N5O2/c18-9-11(10-19)20-21-14-8-4-7-13-15(14)17(24)22(16(13)23)12-5-2-1-3-6-12/h4,7-8,12,21H,1-3,5-6H2. The van der Waals surface area contributed by atoms with Gasteiger partial charge in [-0.25, -0.2) is 0 Å². The van der Waals surface area contributed by atoms with Crippen LogP contribution in [0.3, 0.4) is 0 Å². The van der Waals surface area contributed by atoms with Gasteiger partial charge >= 0.3 is 0 Å². The summed E-state index contributed by atoms with van der Waals surface area (Å²) in [5, 5.41) is 21.1. The number of rotatable bonds is 3. The van der Waals surface area contributed by atoms with E-state index in [2.05, 4.69) is 10.5 Å². The van der Waals surface area contributed by atoms with Crippen LogP contribution < -0.4 is 5.43 Å². The molecule has 7 heteroatoms. The Hall–Kier alpha value is -3.19. The number of amides is 2. The lowest BCUT2D eigenvalue weighted by Crippen LogP contribution is -2.40. The van der Waals surface area contributed by atoms with Crippen LogP contribution in [-0.4, -0.2) is 28.5 Å². The lowest BCUT2D eigenvalue weighted by molar-refractivity contribution is 0.0549. The van der Waals surface area contributed by atoms with Gasteiger partial charge in [0.05, 0.1) is 16.8 Å². The number of hydrogen-bond donors (Lipinski definition) is 1. The Morgan fingerprint density at radius 2 is 1.83 bits per heavy atom. The number of hydrazone groups is 1. The summed E-state index contributed by atoms with van der Waals surface area (Å²) in [6, 6.07) is 8.07. The lowest BCUT2D eigenvalue weighted by atomic mass is 9.94. The van der Waals surface area contributed by atoms with Gasteiger partial charge in [0.1, 0.15) is 12.1 Å². The molecular weight excluding hydrogens is 306 g/mol. The van der Waals surface area contributed by atoms with Crippen LogP contribution in [0, 0.1) is 22.7 Å². The second-order valence-corrected chi connectivity index (χ2v) is 5.80. The van der Waals surface area contributed by atoms with Crippen LogP contribution in [0.15, 0.2) is 23.3 Å². The summed E-state index contributed by atoms with van der Waals surface area (Å²) >= 11 is 0. The molecule has 2 amide bonds. The van der Waals surface area contributed by atoms with Gasteiger partial charge in [0.25, 0.3) is 11.8 Å². The van der Waals surface area contributed by atoms with Crippen molar-refractivity contribution in [2.45, 2.75) is 38.1 Å². The Morgan fingerprint density at radius 3 is 2.50 bits per heavy atom. The third kappa shape index (κ3) is 2.61. The fraction of sp³-hybridized carbons (Fsp3) is 0.353. The average Bonchev–Trinajstić information content (AvgIpc) is 2.88. The molecule has 0 saturated heterocycles. The minimum atomic E-state index is -0.353. The molecule has 1 heterocycles. The van der Waals surface area contributed by atoms with Crippen molar-refractivity contribution in [2.75, 3.05) is 5.43 Å². The zero-order valence-electron chi connectivity index (χ0n) is 13.0. The maximum Gasteiger partial charge on any atom is 0.263 e. The number of imide groups is 1. The molecule has 7 nitrogen and oxygen atoms in total. The molecule has 0 radical (unpaired) electrons. The zero-order chi connectivity index (χ0) is 17.1. The third-order valence-electron chi connectivity index (χ3n) is 4.39. The summed E-state index contributed by atoms with van der Waals surface area (Å²) in [4.78, 5) is 26.8. The smallest absolute Gasteiger partial charge is 0.263 e. The van der Waals surface area contributed by atoms with Gasteiger partial charge < -0.3 is 0 Å². The largest absolute Gasteiger partial charge is 0.276 e. The number of nitriles is 2. The Kier molecular flexibility index (Phi) is 4.26. The molecule has 1 saturated carbocycles. The minimum absolute atomic E-state index is 0.0590. The van der Waals surface area contributed by atoms with Crippen LogP contribution >= 0.6 is 0 Å². The van der Waals surface area contributed by atoms with E-state index in [0.717, 1.165) is 32.1 Å². The topological polar surface area (TPSA) is 109 Å². The summed E-state index contributed by atoms with van der Waals surface area (Å²) in [5.74, 6) is -0.619. The number of carbonyl (C=O) groups excluding carboxylic acids is 2. The van der Waals surface area contributed by atoms with E-state index in [1.165, 1.54) is 4.90 Å². The number of hydrogen-bond acceptors (Lipinski definition) is 6. The maximum atomic E-state index is 12.8. The number of fused-ring (bicyclic) bond motifs is 1. The molecule has 120 valence electrons. The highest BCUT2D eigenvalue weighted by Crippen LogP contribution is 2.34. The van der Waals surface area contributed by atoms with E-state index in [1.54, 1.807) is 30.3 Å². The number of nitrogens with zero attached hydrogens (tertiary/aromatic N) is 4. The number of anilines is 1. The summed E-state index contributed by atoms with van der Waals surface area (Å²) in [6.45, 7) is 0. The summed E-state index contributed by atoms with van der Waals surface area (Å²) in [5.41, 5.74) is 3.13. The van der Waals surface area contributed by atoms with E-state index < -0.39 is 0 Å². The quantitative estimate of drug-likeness (QED) is 0.522. The van der Waals surface area contributed by atoms with Crippen molar-refractivity contribution >= 4 is 23.2 Å². The van der Waals surface area contributed by atoms with Gasteiger partial charge in [-0.05, 0) is 25.0 Å². The van der Waals surface area contributed by atoms with Crippen LogP contribution in [0.1, 0.15) is 52.8 Å². The monoisotopic (exact) mass is 321 g/mol. The highest BCUT2D eigenvalue weighted by Gasteiger charge is 2.41. The number of carbonyl (C=O) groups is 2. The highest BCUT2D eigenvalue weighted by atomic mass is 16.2. The molecule has 0 aromatic heterocycles. The van der Waals surface area contributed by atoms with Gasteiger partial charge in [-0.1, -0.05) is 25.3 Å². The van der Waals surface area contributed by atoms with Gasteiger partial charge in [-0.15, -0.1) is 0 Å². The van der Waals surface area contributed by atoms with Gasteiger partial charge in [0, 0.05) is 6.04 Å². The average molecular weight is 321 g/mol. The lowest BCUT2D eigenvalue weighted by Gasteiger charge is -2.29. The Labute approximate surface area is 139 Å². The molecule has 1 aromatic carbocycles. The number of benzene rings is 1. The molecule has 1 aliphatic carbocycles. The van der Waals surface area contributed by atoms with Crippen molar-refractivity contribution < 1.29 is 9.59 Å². The second kappa shape index (κ2) is 6.51. The first-order chi connectivity index (χ1) is 11.7. The third-order valence-corrected chi connectivity index (χ3v) is 4.39. The van der Waals surface area contributed by atoms with Crippen molar-refractivity contribution in [1.82, 2.24) is 4.90 Å². The molecule has 1 N–H and O–H groups in total. The second-order valence-electron chi connectivity index (χ2n) is 5.80. The number of nitrogens with one attached hydrogen (secondary N) is 1. The predicted molar refractivity (Wildman–Crippen MR) is 86.1 cm³/mol. The Bertz CT molecular complexity index is 793. The first-order valence-corrected chi connectivity index (χ1v) is 7.82. The molecule has 24 heavy (non-hydrogen) atoms. The van der Waals surface area contributed by atoms with Crippen molar-refractivity contribution in [3.8, 4) is 12.1 Å². The van der Waals surface area contributed by atoms with E-state index in [9.17, 15) is 9.59 Å². The van der Waals surface area contributed by atoms with E-state index in [0.29, 0.717) is 11.3 Å². The van der Waals surface area contributed by atoms with Gasteiger partial charge in [0.2, 0.25) is 5.71 Å². The van der Waals surface area contributed by atoms with Crippen molar-refractivity contribution in [1.29, 1.82) is 10.5 Å². The highest BCUT2D eigenvalue weighted by molar-refractivity contribution is 6.24. The van der Waals surface area contributed by atoms with Crippen LogP contribution in [-0.2, 0) is 0 Å². The molecule has 1 fully saturated rings. The van der Waals surface area contributed by atoms with Crippen molar-refractivity contribution in [3.05, 3.63) is 29.3 Å². The molecule has 2 aliphatic rings. The van der Waals surface area contributed by atoms with Gasteiger partial charge in [-0.3, -0.25) is 19.9 Å². The molecular formula is C17H15N5O2. The SMILES string of the molecule is N#CC(C#N)=NNc1cccc2c1C(=O)N(C1CCCCC1)C2=O. The Balaban J connectivity index is 1.94. The van der Waals surface area contributed by atoms with Crippen LogP contribution in [0.4, 0.5) is 5.69 Å². The minimum Gasteiger partial charge on any atom is -0.276 e. The van der Waals surface area contributed by atoms with Crippen molar-refractivity contribution in [3.63, 3.8) is 0 Å². The molecule has 0 bridgehead atoms. The summed E-state index contributed by atoms with van der Waals surface area (Å²) in [7, 11) is 0. The van der Waals surface area contributed by atoms with Crippen LogP contribution in [0.5, 0.6) is 0 Å². The molecule has 0 spiro atoms. The molecule has 0 atom stereocenters. The van der Waals surface area contributed by atoms with Crippen LogP contribution in [0.2, 0.25) is 0 Å². The van der Waals surface area contributed by atoms with E-state index in [-0.39, 0.29) is 29.1 Å². The van der Waals surface area contributed by atoms with E-state index >= 15 is 0 Å². The molecule has 0 unspecified atom stereocenters. The zero-order valence-corrected chi connectivity index (χ0v) is 13.0. The Morgan fingerprint density at radius 1 is 1.12 bits per heavy atom. The molecule has 3 rings (SSSR count). The summed E-state index contributed by atoms with van der Waals surface area (Å²) < 4.78 is 0. The van der Waals surface area contributed by atoms with Gasteiger partial charge in [0.15, 0.2) is 0 Å². The van der Waals surface area contributed by atoms with E-state index in [4.69, 9.17) is 10.5 Å². The first kappa shape index (κ1) is 15.7. The maximum absolute atomic E-state index is 12.8. The van der Waals surface area contributed by atoms with E-state index in [1.807, 2.05) is 0 Å².